The lowest BCUT2D eigenvalue weighted by molar-refractivity contribution is -0.141. The van der Waals surface area contributed by atoms with E-state index in [1.807, 2.05) is 20.8 Å². The van der Waals surface area contributed by atoms with Crippen LogP contribution in [-0.4, -0.2) is 41.8 Å². The topological polar surface area (TPSA) is 51.7 Å². The van der Waals surface area contributed by atoms with E-state index in [0.717, 1.165) is 6.07 Å². The number of piperidine rings is 1. The van der Waals surface area contributed by atoms with Crippen LogP contribution in [0.25, 0.3) is 0 Å². The molecule has 26 heavy (non-hydrogen) atoms. The minimum absolute atomic E-state index is 0.0407. The summed E-state index contributed by atoms with van der Waals surface area (Å²) in [6.07, 6.45) is -2.94. The van der Waals surface area contributed by atoms with Gasteiger partial charge in [0, 0.05) is 19.2 Å². The number of hydrogen-bond donors (Lipinski definition) is 0. The van der Waals surface area contributed by atoms with Crippen molar-refractivity contribution < 1.29 is 27.4 Å². The summed E-state index contributed by atoms with van der Waals surface area (Å²) in [5, 5.41) is 0. The molecule has 0 aromatic carbocycles. The minimum Gasteiger partial charge on any atom is -0.481 e. The Labute approximate surface area is 151 Å². The molecule has 0 bridgehead atoms. The predicted molar refractivity (Wildman–Crippen MR) is 90.0 cm³/mol. The van der Waals surface area contributed by atoms with Crippen LogP contribution in [-0.2, 0) is 17.3 Å². The Morgan fingerprint density at radius 2 is 1.85 bits per heavy atom. The van der Waals surface area contributed by atoms with Gasteiger partial charge in [-0.1, -0.05) is 0 Å². The summed E-state index contributed by atoms with van der Waals surface area (Å²) < 4.78 is 49.1. The molecule has 1 aliphatic heterocycles. The van der Waals surface area contributed by atoms with Gasteiger partial charge in [0.05, 0.1) is 7.11 Å². The van der Waals surface area contributed by atoms with Gasteiger partial charge >= 0.3 is 12.3 Å². The highest BCUT2D eigenvalue weighted by atomic mass is 19.4. The van der Waals surface area contributed by atoms with Crippen molar-refractivity contribution in [2.24, 2.45) is 5.92 Å². The third kappa shape index (κ3) is 5.78. The van der Waals surface area contributed by atoms with E-state index in [9.17, 15) is 18.0 Å². The minimum atomic E-state index is -4.51. The number of rotatable bonds is 3. The number of likely N-dealkylation sites (tertiary alicyclic amines) is 1. The van der Waals surface area contributed by atoms with E-state index in [1.165, 1.54) is 13.2 Å². The molecule has 1 aromatic heterocycles. The van der Waals surface area contributed by atoms with E-state index in [0.29, 0.717) is 37.9 Å². The molecule has 1 amide bonds. The zero-order valence-corrected chi connectivity index (χ0v) is 15.5. The van der Waals surface area contributed by atoms with Crippen LogP contribution in [0.1, 0.15) is 44.9 Å². The molecule has 1 fully saturated rings. The van der Waals surface area contributed by atoms with Crippen LogP contribution in [0.3, 0.4) is 0 Å². The Bertz CT molecular complexity index is 634. The lowest BCUT2D eigenvalue weighted by Crippen LogP contribution is -2.42. The number of hydrogen-bond acceptors (Lipinski definition) is 4. The molecule has 2 rings (SSSR count). The quantitative estimate of drug-likeness (QED) is 0.792. The molecular weight excluding hydrogens is 349 g/mol. The van der Waals surface area contributed by atoms with Crippen LogP contribution in [0.4, 0.5) is 18.0 Å². The summed E-state index contributed by atoms with van der Waals surface area (Å²) >= 11 is 0. The highest BCUT2D eigenvalue weighted by molar-refractivity contribution is 5.68. The Hall–Kier alpha value is -1.99. The molecule has 1 aliphatic rings. The summed E-state index contributed by atoms with van der Waals surface area (Å²) in [4.78, 5) is 17.2. The zero-order valence-electron chi connectivity index (χ0n) is 15.5. The van der Waals surface area contributed by atoms with Gasteiger partial charge in [0.15, 0.2) is 0 Å². The standard InChI is InChI=1S/C18H25F3N2O3/c1-17(2,3)26-16(24)23-7-5-12(6-8-23)9-13-10-14(18(19,20)21)22-15(11-13)25-4/h10-12H,5-9H2,1-4H3. The number of nitrogens with zero attached hydrogens (tertiary/aromatic N) is 2. The third-order valence-electron chi connectivity index (χ3n) is 4.15. The molecule has 0 spiro atoms. The van der Waals surface area contributed by atoms with Crippen molar-refractivity contribution in [1.82, 2.24) is 9.88 Å². The summed E-state index contributed by atoms with van der Waals surface area (Å²) in [6.45, 7) is 6.51. The lowest BCUT2D eigenvalue weighted by Gasteiger charge is -2.33. The first-order valence-electron chi connectivity index (χ1n) is 8.58. The van der Waals surface area contributed by atoms with Gasteiger partial charge in [-0.25, -0.2) is 9.78 Å². The first-order valence-corrected chi connectivity index (χ1v) is 8.58. The van der Waals surface area contributed by atoms with Gasteiger partial charge in [0.25, 0.3) is 0 Å². The van der Waals surface area contributed by atoms with Gasteiger partial charge in [0.1, 0.15) is 11.3 Å². The first kappa shape index (κ1) is 20.3. The molecule has 0 N–H and O–H groups in total. The highest BCUT2D eigenvalue weighted by Gasteiger charge is 2.34. The Balaban J connectivity index is 1.98. The van der Waals surface area contributed by atoms with E-state index in [1.54, 1.807) is 4.90 Å². The SMILES string of the molecule is COc1cc(CC2CCN(C(=O)OC(C)(C)C)CC2)cc(C(F)(F)F)n1. The molecule has 146 valence electrons. The molecule has 8 heteroatoms. The largest absolute Gasteiger partial charge is 0.481 e. The number of amides is 1. The van der Waals surface area contributed by atoms with Crippen molar-refractivity contribution in [3.05, 3.63) is 23.4 Å². The summed E-state index contributed by atoms with van der Waals surface area (Å²) in [6, 6.07) is 2.61. The van der Waals surface area contributed by atoms with E-state index in [4.69, 9.17) is 9.47 Å². The number of halogens is 3. The molecule has 2 heterocycles. The number of carbonyl (C=O) groups is 1. The number of carbonyl (C=O) groups excluding carboxylic acids is 1. The fourth-order valence-electron chi connectivity index (χ4n) is 2.91. The van der Waals surface area contributed by atoms with Crippen LogP contribution < -0.4 is 4.74 Å². The summed E-state index contributed by atoms with van der Waals surface area (Å²) in [7, 11) is 1.30. The lowest BCUT2D eigenvalue weighted by atomic mass is 9.90. The van der Waals surface area contributed by atoms with E-state index < -0.39 is 17.5 Å². The molecule has 5 nitrogen and oxygen atoms in total. The molecule has 0 saturated carbocycles. The Morgan fingerprint density at radius 3 is 2.35 bits per heavy atom. The molecule has 1 aromatic rings. The fourth-order valence-corrected chi connectivity index (χ4v) is 2.91. The third-order valence-corrected chi connectivity index (χ3v) is 4.15. The van der Waals surface area contributed by atoms with Gasteiger partial charge in [-0.05, 0) is 57.6 Å². The summed E-state index contributed by atoms with van der Waals surface area (Å²) in [5.74, 6) is 0.155. The van der Waals surface area contributed by atoms with Crippen LogP contribution in [0, 0.1) is 5.92 Å². The molecule has 0 radical (unpaired) electrons. The number of ether oxygens (including phenoxy) is 2. The van der Waals surface area contributed by atoms with Crippen molar-refractivity contribution in [3.8, 4) is 5.88 Å². The number of methoxy groups -OCH3 is 1. The van der Waals surface area contributed by atoms with Crippen molar-refractivity contribution in [2.45, 2.75) is 51.8 Å². The van der Waals surface area contributed by atoms with Crippen LogP contribution in [0.2, 0.25) is 0 Å². The van der Waals surface area contributed by atoms with Gasteiger partial charge in [-0.3, -0.25) is 0 Å². The van der Waals surface area contributed by atoms with E-state index in [-0.39, 0.29) is 17.9 Å². The zero-order chi connectivity index (χ0) is 19.5. The Kier molecular flexibility index (Phi) is 6.03. The van der Waals surface area contributed by atoms with Crippen LogP contribution in [0.5, 0.6) is 5.88 Å². The average molecular weight is 374 g/mol. The number of aromatic nitrogens is 1. The highest BCUT2D eigenvalue weighted by Crippen LogP contribution is 2.31. The predicted octanol–water partition coefficient (Wildman–Crippen LogP) is 4.30. The molecule has 0 aliphatic carbocycles. The monoisotopic (exact) mass is 374 g/mol. The molecule has 0 atom stereocenters. The maximum Gasteiger partial charge on any atom is 0.433 e. The van der Waals surface area contributed by atoms with Gasteiger partial charge in [-0.15, -0.1) is 0 Å². The second kappa shape index (κ2) is 7.72. The smallest absolute Gasteiger partial charge is 0.433 e. The summed E-state index contributed by atoms with van der Waals surface area (Å²) in [5.41, 5.74) is -0.951. The second-order valence-electron chi connectivity index (χ2n) is 7.52. The number of alkyl halides is 3. The van der Waals surface area contributed by atoms with Crippen LogP contribution >= 0.6 is 0 Å². The fraction of sp³-hybridized carbons (Fsp3) is 0.667. The van der Waals surface area contributed by atoms with Crippen molar-refractivity contribution in [3.63, 3.8) is 0 Å². The maximum absolute atomic E-state index is 13.0. The van der Waals surface area contributed by atoms with Gasteiger partial charge in [0.2, 0.25) is 5.88 Å². The average Bonchev–Trinajstić information content (AvgIpc) is 2.52. The van der Waals surface area contributed by atoms with Crippen LogP contribution in [0.15, 0.2) is 12.1 Å². The van der Waals surface area contributed by atoms with Crippen molar-refractivity contribution in [2.75, 3.05) is 20.2 Å². The van der Waals surface area contributed by atoms with Gasteiger partial charge in [-0.2, -0.15) is 13.2 Å². The van der Waals surface area contributed by atoms with Crippen molar-refractivity contribution in [1.29, 1.82) is 0 Å². The van der Waals surface area contributed by atoms with E-state index in [2.05, 4.69) is 4.98 Å². The molecular formula is C18H25F3N2O3. The first-order chi connectivity index (χ1) is 12.0. The van der Waals surface area contributed by atoms with E-state index >= 15 is 0 Å². The molecule has 1 saturated heterocycles. The van der Waals surface area contributed by atoms with Crippen molar-refractivity contribution >= 4 is 6.09 Å². The van der Waals surface area contributed by atoms with Gasteiger partial charge < -0.3 is 14.4 Å². The second-order valence-corrected chi connectivity index (χ2v) is 7.52. The molecule has 0 unspecified atom stereocenters. The maximum atomic E-state index is 13.0. The Morgan fingerprint density at radius 1 is 1.23 bits per heavy atom. The normalized spacial score (nSPS) is 16.5. The number of pyridine rings is 1.